The molecule has 2 aliphatic heterocycles. The van der Waals surface area contributed by atoms with Crippen LogP contribution in [-0.2, 0) is 9.53 Å². The van der Waals surface area contributed by atoms with Crippen molar-refractivity contribution in [2.75, 3.05) is 19.7 Å². The summed E-state index contributed by atoms with van der Waals surface area (Å²) in [6, 6.07) is 11.4. The fourth-order valence-corrected chi connectivity index (χ4v) is 4.10. The van der Waals surface area contributed by atoms with E-state index in [1.807, 2.05) is 30.3 Å². The fraction of sp³-hybridized carbons (Fsp3) is 0.450. The number of amides is 1. The number of ether oxygens (including phenoxy) is 1. The molecule has 142 valence electrons. The lowest BCUT2D eigenvalue weighted by Crippen LogP contribution is -2.43. The summed E-state index contributed by atoms with van der Waals surface area (Å²) >= 11 is 0. The zero-order valence-corrected chi connectivity index (χ0v) is 15.0. The molecule has 27 heavy (non-hydrogen) atoms. The second kappa shape index (κ2) is 7.52. The summed E-state index contributed by atoms with van der Waals surface area (Å²) in [6.45, 7) is 1.72. The van der Waals surface area contributed by atoms with Gasteiger partial charge in [0.2, 0.25) is 0 Å². The summed E-state index contributed by atoms with van der Waals surface area (Å²) in [5, 5.41) is 13.8. The molecule has 0 aliphatic carbocycles. The molecule has 1 aromatic heterocycles. The van der Waals surface area contributed by atoms with Crippen molar-refractivity contribution >= 4 is 11.9 Å². The van der Waals surface area contributed by atoms with Crippen LogP contribution in [-0.4, -0.2) is 57.5 Å². The highest BCUT2D eigenvalue weighted by Crippen LogP contribution is 2.33. The lowest BCUT2D eigenvalue weighted by molar-refractivity contribution is -0.145. The third-order valence-electron chi connectivity index (χ3n) is 5.57. The molecule has 4 rings (SSSR count). The number of rotatable bonds is 4. The van der Waals surface area contributed by atoms with Crippen LogP contribution < -0.4 is 0 Å². The first-order chi connectivity index (χ1) is 13.1. The van der Waals surface area contributed by atoms with Gasteiger partial charge in [-0.25, -0.2) is 4.68 Å². The zero-order chi connectivity index (χ0) is 18.8. The SMILES string of the molecule is O=C(O)C1CCO[C@H]1C1CCN(C(=O)c2ccn(-c3ccccc3)n2)CC1. The van der Waals surface area contributed by atoms with E-state index in [1.165, 1.54) is 0 Å². The van der Waals surface area contributed by atoms with E-state index in [0.717, 1.165) is 18.5 Å². The summed E-state index contributed by atoms with van der Waals surface area (Å²) < 4.78 is 7.40. The number of carboxylic acid groups (broad SMARTS) is 1. The Morgan fingerprint density at radius 1 is 1.07 bits per heavy atom. The van der Waals surface area contributed by atoms with Crippen molar-refractivity contribution in [1.29, 1.82) is 0 Å². The molecule has 3 heterocycles. The van der Waals surface area contributed by atoms with Crippen molar-refractivity contribution < 1.29 is 19.4 Å². The average Bonchev–Trinajstić information content (AvgIpc) is 3.38. The largest absolute Gasteiger partial charge is 0.481 e. The maximum Gasteiger partial charge on any atom is 0.309 e. The first-order valence-electron chi connectivity index (χ1n) is 9.38. The number of piperidine rings is 1. The van der Waals surface area contributed by atoms with Crippen LogP contribution in [0.25, 0.3) is 5.69 Å². The molecule has 7 heteroatoms. The second-order valence-electron chi connectivity index (χ2n) is 7.18. The van der Waals surface area contributed by atoms with E-state index in [9.17, 15) is 14.7 Å². The molecule has 2 atom stereocenters. The summed E-state index contributed by atoms with van der Waals surface area (Å²) in [5.41, 5.74) is 1.34. The van der Waals surface area contributed by atoms with Gasteiger partial charge >= 0.3 is 5.97 Å². The van der Waals surface area contributed by atoms with E-state index in [4.69, 9.17) is 4.74 Å². The summed E-state index contributed by atoms with van der Waals surface area (Å²) in [4.78, 5) is 26.0. The molecular weight excluding hydrogens is 346 g/mol. The smallest absolute Gasteiger partial charge is 0.309 e. The van der Waals surface area contributed by atoms with Crippen molar-refractivity contribution in [3.05, 3.63) is 48.3 Å². The summed E-state index contributed by atoms with van der Waals surface area (Å²) in [6.07, 6.45) is 3.67. The average molecular weight is 369 g/mol. The van der Waals surface area contributed by atoms with Gasteiger partial charge in [0, 0.05) is 25.9 Å². The topological polar surface area (TPSA) is 84.7 Å². The minimum absolute atomic E-state index is 0.0785. The highest BCUT2D eigenvalue weighted by molar-refractivity contribution is 5.92. The normalized spacial score (nSPS) is 23.5. The number of likely N-dealkylation sites (tertiary alicyclic amines) is 1. The number of carboxylic acids is 1. The van der Waals surface area contributed by atoms with Crippen molar-refractivity contribution in [1.82, 2.24) is 14.7 Å². The number of aromatic nitrogens is 2. The second-order valence-corrected chi connectivity index (χ2v) is 7.18. The molecular formula is C20H23N3O4. The quantitative estimate of drug-likeness (QED) is 0.893. The van der Waals surface area contributed by atoms with Crippen molar-refractivity contribution in [2.45, 2.75) is 25.4 Å². The maximum absolute atomic E-state index is 12.8. The van der Waals surface area contributed by atoms with Crippen LogP contribution in [0.3, 0.4) is 0 Å². The Morgan fingerprint density at radius 3 is 2.52 bits per heavy atom. The van der Waals surface area contributed by atoms with E-state index in [1.54, 1.807) is 21.8 Å². The standard InChI is InChI=1S/C20H23N3O4/c24-19(17-8-12-23(21-17)15-4-2-1-3-5-15)22-10-6-14(7-11-22)18-16(20(25)26)9-13-27-18/h1-5,8,12,14,16,18H,6-7,9-11,13H2,(H,25,26)/t16?,18-/m0/s1. The van der Waals surface area contributed by atoms with Gasteiger partial charge in [-0.3, -0.25) is 9.59 Å². The lowest BCUT2D eigenvalue weighted by Gasteiger charge is -2.35. The zero-order valence-electron chi connectivity index (χ0n) is 15.0. The number of benzene rings is 1. The van der Waals surface area contributed by atoms with Gasteiger partial charge in [-0.2, -0.15) is 5.10 Å². The van der Waals surface area contributed by atoms with Crippen LogP contribution in [0.1, 0.15) is 29.8 Å². The number of aliphatic carboxylic acids is 1. The Hall–Kier alpha value is -2.67. The van der Waals surface area contributed by atoms with Gasteiger partial charge in [0.15, 0.2) is 5.69 Å². The summed E-state index contributed by atoms with van der Waals surface area (Å²) in [5.74, 6) is -1.08. The number of hydrogen-bond donors (Lipinski definition) is 1. The molecule has 0 radical (unpaired) electrons. The molecule has 1 unspecified atom stereocenters. The number of para-hydroxylation sites is 1. The molecule has 2 saturated heterocycles. The Morgan fingerprint density at radius 2 is 1.81 bits per heavy atom. The Bertz CT molecular complexity index is 812. The van der Waals surface area contributed by atoms with Gasteiger partial charge in [-0.05, 0) is 43.4 Å². The third kappa shape index (κ3) is 3.60. The van der Waals surface area contributed by atoms with Crippen LogP contribution in [0.4, 0.5) is 0 Å². The highest BCUT2D eigenvalue weighted by atomic mass is 16.5. The molecule has 0 saturated carbocycles. The van der Waals surface area contributed by atoms with E-state index in [2.05, 4.69) is 5.10 Å². The Balaban J connectivity index is 1.38. The molecule has 1 aromatic carbocycles. The van der Waals surface area contributed by atoms with Gasteiger partial charge in [0.25, 0.3) is 5.91 Å². The van der Waals surface area contributed by atoms with Crippen LogP contribution in [0, 0.1) is 11.8 Å². The first-order valence-corrected chi connectivity index (χ1v) is 9.38. The van der Waals surface area contributed by atoms with Crippen LogP contribution in [0.15, 0.2) is 42.6 Å². The van der Waals surface area contributed by atoms with Gasteiger partial charge < -0.3 is 14.7 Å². The number of carbonyl (C=O) groups is 2. The monoisotopic (exact) mass is 369 g/mol. The molecule has 1 amide bonds. The van der Waals surface area contributed by atoms with Crippen LogP contribution in [0.2, 0.25) is 0 Å². The number of carbonyl (C=O) groups excluding carboxylic acids is 1. The molecule has 0 spiro atoms. The minimum atomic E-state index is -0.776. The van der Waals surface area contributed by atoms with Gasteiger partial charge in [-0.15, -0.1) is 0 Å². The van der Waals surface area contributed by atoms with E-state index in [-0.39, 0.29) is 17.9 Å². The fourth-order valence-electron chi connectivity index (χ4n) is 4.10. The van der Waals surface area contributed by atoms with Crippen LogP contribution >= 0.6 is 0 Å². The van der Waals surface area contributed by atoms with Gasteiger partial charge in [0.05, 0.1) is 17.7 Å². The van der Waals surface area contributed by atoms with Gasteiger partial charge in [0.1, 0.15) is 0 Å². The molecule has 2 aliphatic rings. The lowest BCUT2D eigenvalue weighted by atomic mass is 9.84. The Kier molecular flexibility index (Phi) is 4.94. The summed E-state index contributed by atoms with van der Waals surface area (Å²) in [7, 11) is 0. The minimum Gasteiger partial charge on any atom is -0.481 e. The Labute approximate surface area is 157 Å². The molecule has 0 bridgehead atoms. The van der Waals surface area contributed by atoms with E-state index >= 15 is 0 Å². The van der Waals surface area contributed by atoms with Crippen molar-refractivity contribution in [3.63, 3.8) is 0 Å². The molecule has 1 N–H and O–H groups in total. The molecule has 2 aromatic rings. The highest BCUT2D eigenvalue weighted by Gasteiger charge is 2.40. The molecule has 2 fully saturated rings. The predicted octanol–water partition coefficient (Wildman–Crippen LogP) is 2.21. The number of nitrogens with zero attached hydrogens (tertiary/aromatic N) is 3. The van der Waals surface area contributed by atoms with E-state index < -0.39 is 11.9 Å². The van der Waals surface area contributed by atoms with Crippen LogP contribution in [0.5, 0.6) is 0 Å². The maximum atomic E-state index is 12.8. The predicted molar refractivity (Wildman–Crippen MR) is 97.7 cm³/mol. The number of hydrogen-bond acceptors (Lipinski definition) is 4. The van der Waals surface area contributed by atoms with Gasteiger partial charge in [-0.1, -0.05) is 18.2 Å². The molecule has 7 nitrogen and oxygen atoms in total. The van der Waals surface area contributed by atoms with E-state index in [0.29, 0.717) is 31.8 Å². The third-order valence-corrected chi connectivity index (χ3v) is 5.57. The first kappa shape index (κ1) is 17.7. The van der Waals surface area contributed by atoms with Crippen molar-refractivity contribution in [3.8, 4) is 5.69 Å². The van der Waals surface area contributed by atoms with Crippen molar-refractivity contribution in [2.24, 2.45) is 11.8 Å².